The molecule has 34 heavy (non-hydrogen) atoms. The molecule has 1 aromatic heterocycles. The van der Waals surface area contributed by atoms with Crippen LogP contribution in [0.3, 0.4) is 0 Å². The molecule has 1 fully saturated rings. The molecule has 2 aromatic carbocycles. The number of aryl methyl sites for hydroxylation is 2. The van der Waals surface area contributed by atoms with E-state index in [2.05, 4.69) is 5.32 Å². The maximum atomic E-state index is 13.8. The van der Waals surface area contributed by atoms with Gasteiger partial charge in [0, 0.05) is 17.9 Å². The van der Waals surface area contributed by atoms with Gasteiger partial charge >= 0.3 is 0 Å². The average molecular weight is 461 g/mol. The van der Waals surface area contributed by atoms with E-state index in [1.54, 1.807) is 6.07 Å². The lowest BCUT2D eigenvalue weighted by molar-refractivity contribution is -0.131. The molecule has 5 rings (SSSR count). The van der Waals surface area contributed by atoms with Crippen LogP contribution in [-0.2, 0) is 22.4 Å². The standard InChI is InChI=1S/C28H29FN2O3/c1-18-10-11-23-12-13-24(30-27(32)26-9-4-14-34-26)25(31(23)28(18)33)16-19-5-2-6-20(15-19)21-7-3-8-22(29)17-21/h2-3,5-8,10-11,15,17,24-26H,4,9,12-14,16H2,1H3,(H,30,32)/t24-,25-,26-/m0/s1. The third-order valence-corrected chi connectivity index (χ3v) is 6.98. The SMILES string of the molecule is Cc1ccc2n(c1=O)[C@@H](Cc1cccc(-c3cccc(F)c3)c1)[C@@H](NC(=O)[C@@H]1CCCO1)CC2. The van der Waals surface area contributed by atoms with E-state index in [0.29, 0.717) is 18.6 Å². The number of hydrogen-bond acceptors (Lipinski definition) is 3. The van der Waals surface area contributed by atoms with E-state index in [1.807, 2.05) is 54.0 Å². The molecule has 3 aromatic rings. The number of benzene rings is 2. The van der Waals surface area contributed by atoms with Gasteiger partial charge in [0.1, 0.15) is 11.9 Å². The normalized spacial score (nSPS) is 21.8. The summed E-state index contributed by atoms with van der Waals surface area (Å²) in [5.41, 5.74) is 4.42. The van der Waals surface area contributed by atoms with E-state index in [9.17, 15) is 14.0 Å². The predicted molar refractivity (Wildman–Crippen MR) is 129 cm³/mol. The highest BCUT2D eigenvalue weighted by atomic mass is 19.1. The van der Waals surface area contributed by atoms with E-state index >= 15 is 0 Å². The topological polar surface area (TPSA) is 60.3 Å². The molecule has 0 unspecified atom stereocenters. The third-order valence-electron chi connectivity index (χ3n) is 6.98. The second-order valence-electron chi connectivity index (χ2n) is 9.32. The minimum Gasteiger partial charge on any atom is -0.368 e. The highest BCUT2D eigenvalue weighted by Crippen LogP contribution is 2.30. The molecule has 0 radical (unpaired) electrons. The monoisotopic (exact) mass is 460 g/mol. The van der Waals surface area contributed by atoms with Gasteiger partial charge in [-0.25, -0.2) is 4.39 Å². The molecule has 1 saturated heterocycles. The smallest absolute Gasteiger partial charge is 0.253 e. The Morgan fingerprint density at radius 3 is 2.65 bits per heavy atom. The summed E-state index contributed by atoms with van der Waals surface area (Å²) in [7, 11) is 0. The van der Waals surface area contributed by atoms with Crippen molar-refractivity contribution in [1.29, 1.82) is 0 Å². The lowest BCUT2D eigenvalue weighted by Crippen LogP contribution is -2.51. The van der Waals surface area contributed by atoms with Crippen molar-refractivity contribution in [3.8, 4) is 11.1 Å². The number of halogens is 1. The summed E-state index contributed by atoms with van der Waals surface area (Å²) in [6.07, 6.45) is 3.28. The van der Waals surface area contributed by atoms with Crippen LogP contribution in [0.2, 0.25) is 0 Å². The second kappa shape index (κ2) is 9.55. The molecule has 176 valence electrons. The Labute approximate surface area is 198 Å². The summed E-state index contributed by atoms with van der Waals surface area (Å²) in [6, 6.07) is 18.0. The summed E-state index contributed by atoms with van der Waals surface area (Å²) in [5, 5.41) is 3.20. The minimum atomic E-state index is -0.410. The number of nitrogens with zero attached hydrogens (tertiary/aromatic N) is 1. The maximum absolute atomic E-state index is 13.8. The van der Waals surface area contributed by atoms with Gasteiger partial charge in [0.15, 0.2) is 0 Å². The van der Waals surface area contributed by atoms with E-state index < -0.39 is 6.10 Å². The first kappa shape index (κ1) is 22.5. The molecule has 3 atom stereocenters. The summed E-state index contributed by atoms with van der Waals surface area (Å²) < 4.78 is 21.2. The number of rotatable bonds is 5. The lowest BCUT2D eigenvalue weighted by atomic mass is 9.89. The second-order valence-corrected chi connectivity index (χ2v) is 9.32. The Hall–Kier alpha value is -3.25. The maximum Gasteiger partial charge on any atom is 0.253 e. The van der Waals surface area contributed by atoms with Crippen LogP contribution in [0.25, 0.3) is 11.1 Å². The first-order chi connectivity index (χ1) is 16.5. The van der Waals surface area contributed by atoms with Crippen LogP contribution in [0.4, 0.5) is 4.39 Å². The van der Waals surface area contributed by atoms with Crippen molar-refractivity contribution in [2.24, 2.45) is 0 Å². The Balaban J connectivity index is 1.48. The number of aromatic nitrogens is 1. The number of hydrogen-bond donors (Lipinski definition) is 1. The fourth-order valence-corrected chi connectivity index (χ4v) is 5.19. The van der Waals surface area contributed by atoms with Crippen LogP contribution in [-0.4, -0.2) is 29.2 Å². The van der Waals surface area contributed by atoms with Crippen molar-refractivity contribution in [2.45, 2.75) is 57.2 Å². The van der Waals surface area contributed by atoms with E-state index in [0.717, 1.165) is 48.1 Å². The number of nitrogens with one attached hydrogen (secondary N) is 1. The summed E-state index contributed by atoms with van der Waals surface area (Å²) >= 11 is 0. The quantitative estimate of drug-likeness (QED) is 0.616. The van der Waals surface area contributed by atoms with Crippen molar-refractivity contribution in [3.05, 3.63) is 93.7 Å². The molecule has 0 bridgehead atoms. The van der Waals surface area contributed by atoms with Gasteiger partial charge in [0.2, 0.25) is 5.91 Å². The Morgan fingerprint density at radius 1 is 1.09 bits per heavy atom. The zero-order chi connectivity index (χ0) is 23.7. The van der Waals surface area contributed by atoms with Crippen molar-refractivity contribution in [1.82, 2.24) is 9.88 Å². The number of pyridine rings is 1. The van der Waals surface area contributed by atoms with Crippen molar-refractivity contribution in [2.75, 3.05) is 6.61 Å². The van der Waals surface area contributed by atoms with Gasteiger partial charge in [-0.15, -0.1) is 0 Å². The molecule has 3 heterocycles. The largest absolute Gasteiger partial charge is 0.368 e. The molecule has 0 saturated carbocycles. The third kappa shape index (κ3) is 4.55. The van der Waals surface area contributed by atoms with Gasteiger partial charge in [-0.05, 0) is 73.9 Å². The summed E-state index contributed by atoms with van der Waals surface area (Å²) in [4.78, 5) is 26.1. The number of ether oxygens (including phenoxy) is 1. The first-order valence-electron chi connectivity index (χ1n) is 12.0. The molecule has 2 aliphatic rings. The molecule has 1 amide bonds. The Kier molecular flexibility index (Phi) is 6.33. The van der Waals surface area contributed by atoms with Gasteiger partial charge in [0.25, 0.3) is 5.56 Å². The highest BCUT2D eigenvalue weighted by molar-refractivity contribution is 5.81. The van der Waals surface area contributed by atoms with E-state index in [-0.39, 0.29) is 29.4 Å². The van der Waals surface area contributed by atoms with Crippen LogP contribution in [0.15, 0.2) is 65.5 Å². The Morgan fingerprint density at radius 2 is 1.88 bits per heavy atom. The van der Waals surface area contributed by atoms with Crippen LogP contribution < -0.4 is 10.9 Å². The molecule has 0 spiro atoms. The molecule has 2 aliphatic heterocycles. The van der Waals surface area contributed by atoms with Gasteiger partial charge in [0.05, 0.1) is 12.1 Å². The van der Waals surface area contributed by atoms with Crippen molar-refractivity contribution in [3.63, 3.8) is 0 Å². The summed E-state index contributed by atoms with van der Waals surface area (Å²) in [6.45, 7) is 2.44. The molecule has 5 nitrogen and oxygen atoms in total. The van der Waals surface area contributed by atoms with Gasteiger partial charge < -0.3 is 14.6 Å². The Bertz CT molecular complexity index is 1260. The van der Waals surface area contributed by atoms with Crippen molar-refractivity contribution < 1.29 is 13.9 Å². The summed E-state index contributed by atoms with van der Waals surface area (Å²) in [5.74, 6) is -0.367. The zero-order valence-electron chi connectivity index (χ0n) is 19.3. The van der Waals surface area contributed by atoms with Crippen LogP contribution in [0, 0.1) is 12.7 Å². The minimum absolute atomic E-state index is 0.0140. The van der Waals surface area contributed by atoms with Crippen LogP contribution in [0.5, 0.6) is 0 Å². The van der Waals surface area contributed by atoms with Gasteiger partial charge in [-0.1, -0.05) is 42.5 Å². The number of amides is 1. The predicted octanol–water partition coefficient (Wildman–Crippen LogP) is 4.36. The molecular formula is C28H29FN2O3. The molecular weight excluding hydrogens is 431 g/mol. The lowest BCUT2D eigenvalue weighted by Gasteiger charge is -2.36. The molecule has 6 heteroatoms. The number of carbonyl (C=O) groups excluding carboxylic acids is 1. The average Bonchev–Trinajstić information content (AvgIpc) is 3.38. The molecule has 0 aliphatic carbocycles. The van der Waals surface area contributed by atoms with Crippen LogP contribution in [0.1, 0.15) is 42.1 Å². The van der Waals surface area contributed by atoms with Gasteiger partial charge in [-0.3, -0.25) is 9.59 Å². The van der Waals surface area contributed by atoms with Gasteiger partial charge in [-0.2, -0.15) is 0 Å². The fraction of sp³-hybridized carbons (Fsp3) is 0.357. The molecule has 1 N–H and O–H groups in total. The highest BCUT2D eigenvalue weighted by Gasteiger charge is 2.34. The fourth-order valence-electron chi connectivity index (χ4n) is 5.19. The van der Waals surface area contributed by atoms with E-state index in [4.69, 9.17) is 4.74 Å². The van der Waals surface area contributed by atoms with Crippen molar-refractivity contribution >= 4 is 5.91 Å². The number of carbonyl (C=O) groups is 1. The van der Waals surface area contributed by atoms with E-state index in [1.165, 1.54) is 12.1 Å². The number of fused-ring (bicyclic) bond motifs is 1. The van der Waals surface area contributed by atoms with Crippen LogP contribution >= 0.6 is 0 Å². The first-order valence-corrected chi connectivity index (χ1v) is 12.0. The zero-order valence-corrected chi connectivity index (χ0v) is 19.3.